The molecule has 0 bridgehead atoms. The van der Waals surface area contributed by atoms with Crippen LogP contribution in [0.25, 0.3) is 0 Å². The van der Waals surface area contributed by atoms with E-state index in [9.17, 15) is 9.59 Å². The molecule has 1 atom stereocenters. The van der Waals surface area contributed by atoms with Gasteiger partial charge >= 0.3 is 0 Å². The first-order valence-electron chi connectivity index (χ1n) is 8.39. The zero-order chi connectivity index (χ0) is 16.3. The number of ether oxygens (including phenoxy) is 1. The van der Waals surface area contributed by atoms with E-state index in [1.807, 2.05) is 18.2 Å². The van der Waals surface area contributed by atoms with Gasteiger partial charge in [-0.3, -0.25) is 9.59 Å². The summed E-state index contributed by atoms with van der Waals surface area (Å²) in [4.78, 5) is 25.5. The van der Waals surface area contributed by atoms with Crippen LogP contribution >= 0.6 is 0 Å². The van der Waals surface area contributed by atoms with Crippen LogP contribution in [0.3, 0.4) is 0 Å². The molecule has 1 aliphatic heterocycles. The Hall–Kier alpha value is -1.88. The van der Waals surface area contributed by atoms with Gasteiger partial charge in [0, 0.05) is 19.2 Å². The number of hydrogen-bond acceptors (Lipinski definition) is 3. The number of amides is 2. The first-order valence-corrected chi connectivity index (χ1v) is 8.39. The molecule has 1 fully saturated rings. The van der Waals surface area contributed by atoms with Crippen molar-refractivity contribution in [1.29, 1.82) is 0 Å². The Morgan fingerprint density at radius 1 is 1.30 bits per heavy atom. The van der Waals surface area contributed by atoms with E-state index in [1.165, 1.54) is 6.42 Å². The molecule has 1 heterocycles. The summed E-state index contributed by atoms with van der Waals surface area (Å²) in [5, 5.41) is 5.98. The fourth-order valence-electron chi connectivity index (χ4n) is 3.97. The third kappa shape index (κ3) is 2.74. The molecular weight excluding hydrogens is 292 g/mol. The zero-order valence-corrected chi connectivity index (χ0v) is 13.6. The third-order valence-corrected chi connectivity index (χ3v) is 5.07. The fraction of sp³-hybridized carbons (Fsp3) is 0.556. The monoisotopic (exact) mass is 316 g/mol. The van der Waals surface area contributed by atoms with Crippen LogP contribution in [0.2, 0.25) is 0 Å². The van der Waals surface area contributed by atoms with E-state index in [4.69, 9.17) is 4.74 Å². The largest absolute Gasteiger partial charge is 0.383 e. The fourth-order valence-corrected chi connectivity index (χ4v) is 3.97. The molecule has 0 aromatic heterocycles. The Morgan fingerprint density at radius 2 is 2.04 bits per heavy atom. The lowest BCUT2D eigenvalue weighted by atomic mass is 9.71. The number of rotatable bonds is 5. The van der Waals surface area contributed by atoms with Crippen molar-refractivity contribution in [1.82, 2.24) is 10.6 Å². The SMILES string of the molecule is COCCNC(=O)C1(C2CCCCC2)NC(=O)c2ccccc21. The Labute approximate surface area is 136 Å². The van der Waals surface area contributed by atoms with Crippen LogP contribution in [-0.4, -0.2) is 32.1 Å². The summed E-state index contributed by atoms with van der Waals surface area (Å²) in [7, 11) is 1.61. The lowest BCUT2D eigenvalue weighted by molar-refractivity contribution is -0.130. The van der Waals surface area contributed by atoms with Gasteiger partial charge in [-0.15, -0.1) is 0 Å². The number of carbonyl (C=O) groups is 2. The molecule has 0 spiro atoms. The standard InChI is InChI=1S/C18H24N2O3/c1-23-12-11-19-17(22)18(13-7-3-2-4-8-13)15-10-6-5-9-14(15)16(21)20-18/h5-6,9-10,13H,2-4,7-8,11-12H2,1H3,(H,19,22)(H,20,21). The molecule has 124 valence electrons. The van der Waals surface area contributed by atoms with Gasteiger partial charge in [-0.25, -0.2) is 0 Å². The van der Waals surface area contributed by atoms with E-state index in [0.717, 1.165) is 31.2 Å². The molecule has 0 saturated heterocycles. The molecule has 1 unspecified atom stereocenters. The molecule has 2 aliphatic rings. The third-order valence-electron chi connectivity index (χ3n) is 5.07. The van der Waals surface area contributed by atoms with Gasteiger partial charge in [0.25, 0.3) is 11.8 Å². The first kappa shape index (κ1) is 16.0. The van der Waals surface area contributed by atoms with Gasteiger partial charge in [-0.05, 0) is 30.4 Å². The van der Waals surface area contributed by atoms with Crippen molar-refractivity contribution < 1.29 is 14.3 Å². The van der Waals surface area contributed by atoms with Gasteiger partial charge < -0.3 is 15.4 Å². The maximum atomic E-state index is 13.1. The maximum Gasteiger partial charge on any atom is 0.252 e. The first-order chi connectivity index (χ1) is 11.2. The number of carbonyl (C=O) groups excluding carboxylic acids is 2. The van der Waals surface area contributed by atoms with Crippen LogP contribution in [0.5, 0.6) is 0 Å². The van der Waals surface area contributed by atoms with Crippen LogP contribution in [-0.2, 0) is 15.1 Å². The van der Waals surface area contributed by atoms with Crippen LogP contribution in [0, 0.1) is 5.92 Å². The molecule has 3 rings (SSSR count). The molecule has 1 aliphatic carbocycles. The van der Waals surface area contributed by atoms with Gasteiger partial charge in [0.15, 0.2) is 0 Å². The summed E-state index contributed by atoms with van der Waals surface area (Å²) in [5.74, 6) is -0.112. The Balaban J connectivity index is 1.98. The highest BCUT2D eigenvalue weighted by Gasteiger charge is 2.53. The average Bonchev–Trinajstić information content (AvgIpc) is 2.90. The summed E-state index contributed by atoms with van der Waals surface area (Å²) in [6, 6.07) is 7.47. The van der Waals surface area contributed by atoms with E-state index >= 15 is 0 Å². The second kappa shape index (κ2) is 6.71. The molecule has 2 N–H and O–H groups in total. The number of nitrogens with one attached hydrogen (secondary N) is 2. The van der Waals surface area contributed by atoms with Crippen molar-refractivity contribution in [2.75, 3.05) is 20.3 Å². The molecule has 1 aromatic carbocycles. The summed E-state index contributed by atoms with van der Waals surface area (Å²) in [5.41, 5.74) is 0.522. The minimum Gasteiger partial charge on any atom is -0.383 e. The van der Waals surface area contributed by atoms with Gasteiger partial charge in [0.2, 0.25) is 0 Å². The number of hydrogen-bond donors (Lipinski definition) is 2. The molecule has 1 aromatic rings. The van der Waals surface area contributed by atoms with Crippen molar-refractivity contribution >= 4 is 11.8 Å². The number of fused-ring (bicyclic) bond motifs is 1. The Morgan fingerprint density at radius 3 is 2.78 bits per heavy atom. The quantitative estimate of drug-likeness (QED) is 0.816. The summed E-state index contributed by atoms with van der Waals surface area (Å²) < 4.78 is 5.02. The van der Waals surface area contributed by atoms with Crippen LogP contribution in [0.15, 0.2) is 24.3 Å². The van der Waals surface area contributed by atoms with E-state index in [2.05, 4.69) is 10.6 Å². The molecule has 23 heavy (non-hydrogen) atoms. The second-order valence-corrected chi connectivity index (χ2v) is 6.39. The maximum absolute atomic E-state index is 13.1. The van der Waals surface area contributed by atoms with Gasteiger partial charge in [0.05, 0.1) is 6.61 Å². The minimum atomic E-state index is -0.929. The van der Waals surface area contributed by atoms with Crippen molar-refractivity contribution in [3.8, 4) is 0 Å². The van der Waals surface area contributed by atoms with Gasteiger partial charge in [-0.2, -0.15) is 0 Å². The number of benzene rings is 1. The van der Waals surface area contributed by atoms with Gasteiger partial charge in [0.1, 0.15) is 5.54 Å². The van der Waals surface area contributed by atoms with E-state index in [-0.39, 0.29) is 17.7 Å². The molecule has 1 saturated carbocycles. The summed E-state index contributed by atoms with van der Waals surface area (Å²) in [6.45, 7) is 0.907. The summed E-state index contributed by atoms with van der Waals surface area (Å²) in [6.07, 6.45) is 5.34. The smallest absolute Gasteiger partial charge is 0.252 e. The van der Waals surface area contributed by atoms with Crippen molar-refractivity contribution in [2.24, 2.45) is 5.92 Å². The zero-order valence-electron chi connectivity index (χ0n) is 13.6. The summed E-state index contributed by atoms with van der Waals surface area (Å²) >= 11 is 0. The van der Waals surface area contributed by atoms with E-state index in [1.54, 1.807) is 13.2 Å². The average molecular weight is 316 g/mol. The highest BCUT2D eigenvalue weighted by molar-refractivity contribution is 6.07. The molecule has 5 heteroatoms. The highest BCUT2D eigenvalue weighted by Crippen LogP contribution is 2.44. The predicted molar refractivity (Wildman–Crippen MR) is 87.0 cm³/mol. The predicted octanol–water partition coefficient (Wildman–Crippen LogP) is 1.97. The number of methoxy groups -OCH3 is 1. The normalized spacial score (nSPS) is 24.1. The van der Waals surface area contributed by atoms with E-state index in [0.29, 0.717) is 18.7 Å². The highest BCUT2D eigenvalue weighted by atomic mass is 16.5. The van der Waals surface area contributed by atoms with E-state index < -0.39 is 5.54 Å². The minimum absolute atomic E-state index is 0.111. The van der Waals surface area contributed by atoms with Crippen LogP contribution < -0.4 is 10.6 Å². The lowest BCUT2D eigenvalue weighted by Gasteiger charge is -2.39. The van der Waals surface area contributed by atoms with Crippen LogP contribution in [0.1, 0.15) is 48.0 Å². The van der Waals surface area contributed by atoms with Crippen molar-refractivity contribution in [3.63, 3.8) is 0 Å². The Kier molecular flexibility index (Phi) is 4.66. The Bertz CT molecular complexity index is 596. The molecule has 0 radical (unpaired) electrons. The molecule has 5 nitrogen and oxygen atoms in total. The van der Waals surface area contributed by atoms with Gasteiger partial charge in [-0.1, -0.05) is 37.5 Å². The molecular formula is C18H24N2O3. The lowest BCUT2D eigenvalue weighted by Crippen LogP contribution is -2.57. The second-order valence-electron chi connectivity index (χ2n) is 6.39. The van der Waals surface area contributed by atoms with Crippen molar-refractivity contribution in [3.05, 3.63) is 35.4 Å². The molecule has 2 amide bonds. The van der Waals surface area contributed by atoms with Crippen molar-refractivity contribution in [2.45, 2.75) is 37.6 Å². The van der Waals surface area contributed by atoms with Crippen LogP contribution in [0.4, 0.5) is 0 Å². The topological polar surface area (TPSA) is 67.4 Å².